The first-order valence-electron chi connectivity index (χ1n) is 7.74. The Bertz CT molecular complexity index is 829. The number of carbonyl (C=O) groups excluding carboxylic acids is 2. The minimum Gasteiger partial charge on any atom is -0.342 e. The van der Waals surface area contributed by atoms with Crippen LogP contribution >= 0.6 is 11.3 Å². The molecule has 0 atom stereocenters. The summed E-state index contributed by atoms with van der Waals surface area (Å²) < 4.78 is 0. The van der Waals surface area contributed by atoms with Gasteiger partial charge in [-0.3, -0.25) is 19.7 Å². The molecule has 0 unspecified atom stereocenters. The van der Waals surface area contributed by atoms with E-state index in [9.17, 15) is 19.7 Å². The molecule has 0 spiro atoms. The van der Waals surface area contributed by atoms with Gasteiger partial charge in [0.2, 0.25) is 5.91 Å². The van der Waals surface area contributed by atoms with Crippen molar-refractivity contribution in [1.82, 2.24) is 5.32 Å². The zero-order valence-electron chi connectivity index (χ0n) is 14.2. The van der Waals surface area contributed by atoms with Crippen molar-refractivity contribution in [2.24, 2.45) is 0 Å². The Labute approximate surface area is 149 Å². The number of nitrogens with zero attached hydrogens (tertiary/aromatic N) is 1. The summed E-state index contributed by atoms with van der Waals surface area (Å²) in [5, 5.41) is 16.0. The Morgan fingerprint density at radius 1 is 1.20 bits per heavy atom. The van der Waals surface area contributed by atoms with Gasteiger partial charge in [-0.2, -0.15) is 0 Å². The van der Waals surface area contributed by atoms with Crippen molar-refractivity contribution in [3.05, 3.63) is 55.3 Å². The molecule has 0 fully saturated rings. The van der Waals surface area contributed by atoms with Crippen molar-refractivity contribution < 1.29 is 14.5 Å². The molecule has 132 valence electrons. The average molecular weight is 361 g/mol. The Morgan fingerprint density at radius 2 is 1.92 bits per heavy atom. The van der Waals surface area contributed by atoms with E-state index in [1.165, 1.54) is 17.4 Å². The van der Waals surface area contributed by atoms with E-state index in [2.05, 4.69) is 10.6 Å². The van der Waals surface area contributed by atoms with Crippen LogP contribution in [0, 0.1) is 24.0 Å². The predicted molar refractivity (Wildman–Crippen MR) is 97.2 cm³/mol. The van der Waals surface area contributed by atoms with Crippen LogP contribution in [0.3, 0.4) is 0 Å². The molecule has 0 aliphatic carbocycles. The minimum atomic E-state index is -0.503. The van der Waals surface area contributed by atoms with E-state index in [-0.39, 0.29) is 18.1 Å². The monoisotopic (exact) mass is 361 g/mol. The van der Waals surface area contributed by atoms with Gasteiger partial charge in [0.1, 0.15) is 0 Å². The zero-order chi connectivity index (χ0) is 18.6. The number of nitro groups is 1. The maximum absolute atomic E-state index is 12.1. The molecule has 0 saturated carbocycles. The van der Waals surface area contributed by atoms with E-state index >= 15 is 0 Å². The van der Waals surface area contributed by atoms with Gasteiger partial charge in [0, 0.05) is 22.2 Å². The number of thiophene rings is 1. The topological polar surface area (TPSA) is 101 Å². The van der Waals surface area contributed by atoms with Gasteiger partial charge in [0.05, 0.1) is 16.3 Å². The van der Waals surface area contributed by atoms with E-state index in [4.69, 9.17) is 0 Å². The number of rotatable bonds is 6. The molecule has 2 N–H and O–H groups in total. The molecule has 25 heavy (non-hydrogen) atoms. The molecule has 8 heteroatoms. The molecular formula is C17H19N3O4S. The molecule has 0 aliphatic heterocycles. The van der Waals surface area contributed by atoms with Crippen LogP contribution in [0.15, 0.2) is 24.3 Å². The van der Waals surface area contributed by atoms with Crippen molar-refractivity contribution in [2.75, 3.05) is 11.9 Å². The molecule has 1 aromatic heterocycles. The number of hydrogen-bond acceptors (Lipinski definition) is 5. The Balaban J connectivity index is 1.95. The summed E-state index contributed by atoms with van der Waals surface area (Å²) in [7, 11) is 0. The summed E-state index contributed by atoms with van der Waals surface area (Å²) in [5.74, 6) is -0.756. The van der Waals surface area contributed by atoms with E-state index in [0.29, 0.717) is 16.1 Å². The van der Waals surface area contributed by atoms with Gasteiger partial charge < -0.3 is 10.6 Å². The Hall–Kier alpha value is -2.74. The maximum Gasteiger partial charge on any atom is 0.274 e. The van der Waals surface area contributed by atoms with Crippen molar-refractivity contribution in [1.29, 1.82) is 0 Å². The van der Waals surface area contributed by atoms with E-state index in [0.717, 1.165) is 16.9 Å². The standard InChI is InChI=1S/C17H19N3O4S/c1-4-14-11(3)7-15(25-14)17(22)18-9-16(21)19-12-6-5-10(2)13(8-12)20(23)24/h5-8H,4,9H2,1-3H3,(H,18,22)(H,19,21). The molecule has 2 rings (SSSR count). The molecule has 2 amide bonds. The van der Waals surface area contributed by atoms with E-state index in [1.807, 2.05) is 13.8 Å². The summed E-state index contributed by atoms with van der Waals surface area (Å²) in [4.78, 5) is 36.2. The highest BCUT2D eigenvalue weighted by Crippen LogP contribution is 2.23. The molecule has 0 saturated heterocycles. The van der Waals surface area contributed by atoms with Crippen LogP contribution in [-0.4, -0.2) is 23.3 Å². The Kier molecular flexibility index (Phi) is 5.87. The van der Waals surface area contributed by atoms with Gasteiger partial charge in [0.15, 0.2) is 0 Å². The summed E-state index contributed by atoms with van der Waals surface area (Å²) >= 11 is 1.41. The van der Waals surface area contributed by atoms with Gasteiger partial charge in [-0.25, -0.2) is 0 Å². The lowest BCUT2D eigenvalue weighted by atomic mass is 10.2. The third kappa shape index (κ3) is 4.63. The van der Waals surface area contributed by atoms with Crippen LogP contribution in [0.5, 0.6) is 0 Å². The van der Waals surface area contributed by atoms with Crippen LogP contribution in [0.1, 0.15) is 32.6 Å². The highest BCUT2D eigenvalue weighted by Gasteiger charge is 2.15. The molecule has 0 bridgehead atoms. The Morgan fingerprint density at radius 3 is 2.52 bits per heavy atom. The summed E-state index contributed by atoms with van der Waals surface area (Å²) in [6.45, 7) is 5.38. The number of nitro benzene ring substituents is 1. The van der Waals surface area contributed by atoms with Gasteiger partial charge >= 0.3 is 0 Å². The second-order valence-corrected chi connectivity index (χ2v) is 6.70. The highest BCUT2D eigenvalue weighted by molar-refractivity contribution is 7.14. The van der Waals surface area contributed by atoms with Gasteiger partial charge in [-0.1, -0.05) is 13.0 Å². The van der Waals surface area contributed by atoms with Crippen molar-refractivity contribution >= 4 is 34.5 Å². The lowest BCUT2D eigenvalue weighted by Crippen LogP contribution is -2.32. The predicted octanol–water partition coefficient (Wildman–Crippen LogP) is 3.20. The van der Waals surface area contributed by atoms with Crippen LogP contribution in [-0.2, 0) is 11.2 Å². The second-order valence-electron chi connectivity index (χ2n) is 5.56. The average Bonchev–Trinajstić information content (AvgIpc) is 2.95. The molecular weight excluding hydrogens is 342 g/mol. The number of hydrogen-bond donors (Lipinski definition) is 2. The maximum atomic E-state index is 12.1. The van der Waals surface area contributed by atoms with E-state index < -0.39 is 10.8 Å². The SMILES string of the molecule is CCc1sc(C(=O)NCC(=O)Nc2ccc(C)c([N+](=O)[O-])c2)cc1C. The van der Waals surface area contributed by atoms with Crippen LogP contribution < -0.4 is 10.6 Å². The largest absolute Gasteiger partial charge is 0.342 e. The smallest absolute Gasteiger partial charge is 0.274 e. The number of anilines is 1. The quantitative estimate of drug-likeness (QED) is 0.609. The molecule has 1 heterocycles. The number of amides is 2. The number of nitrogens with one attached hydrogen (secondary N) is 2. The van der Waals surface area contributed by atoms with Crippen LogP contribution in [0.4, 0.5) is 11.4 Å². The van der Waals surface area contributed by atoms with Crippen LogP contribution in [0.25, 0.3) is 0 Å². The third-order valence-electron chi connectivity index (χ3n) is 3.66. The molecule has 7 nitrogen and oxygen atoms in total. The lowest BCUT2D eigenvalue weighted by Gasteiger charge is -2.07. The molecule has 0 radical (unpaired) electrons. The number of aryl methyl sites for hydroxylation is 3. The first-order valence-corrected chi connectivity index (χ1v) is 8.55. The zero-order valence-corrected chi connectivity index (χ0v) is 15.0. The van der Waals surface area contributed by atoms with Gasteiger partial charge in [0.25, 0.3) is 11.6 Å². The lowest BCUT2D eigenvalue weighted by molar-refractivity contribution is -0.385. The third-order valence-corrected chi connectivity index (χ3v) is 5.04. The molecule has 1 aromatic carbocycles. The normalized spacial score (nSPS) is 10.4. The molecule has 2 aromatic rings. The highest BCUT2D eigenvalue weighted by atomic mass is 32.1. The van der Waals surface area contributed by atoms with Crippen LogP contribution in [0.2, 0.25) is 0 Å². The van der Waals surface area contributed by atoms with Crippen molar-refractivity contribution in [3.8, 4) is 0 Å². The first-order chi connectivity index (χ1) is 11.8. The summed E-state index contributed by atoms with van der Waals surface area (Å²) in [6, 6.07) is 6.25. The first kappa shape index (κ1) is 18.6. The fraction of sp³-hybridized carbons (Fsp3) is 0.294. The fourth-order valence-electron chi connectivity index (χ4n) is 2.32. The molecule has 0 aliphatic rings. The fourth-order valence-corrected chi connectivity index (χ4v) is 3.35. The van der Waals surface area contributed by atoms with Crippen molar-refractivity contribution in [2.45, 2.75) is 27.2 Å². The van der Waals surface area contributed by atoms with E-state index in [1.54, 1.807) is 25.1 Å². The van der Waals surface area contributed by atoms with Gasteiger partial charge in [-0.15, -0.1) is 11.3 Å². The minimum absolute atomic E-state index is 0.0667. The second kappa shape index (κ2) is 7.89. The summed E-state index contributed by atoms with van der Waals surface area (Å²) in [6.07, 6.45) is 0.858. The number of carbonyl (C=O) groups is 2. The number of benzene rings is 1. The van der Waals surface area contributed by atoms with Crippen molar-refractivity contribution in [3.63, 3.8) is 0 Å². The summed E-state index contributed by atoms with van der Waals surface area (Å²) in [5.41, 5.74) is 1.82. The van der Waals surface area contributed by atoms with Gasteiger partial charge in [-0.05, 0) is 38.0 Å².